The fraction of sp³-hybridized carbons (Fsp3) is 0. The summed E-state index contributed by atoms with van der Waals surface area (Å²) in [6.07, 6.45) is 0. The Morgan fingerprint density at radius 2 is 1.19 bits per heavy atom. The molecule has 0 aliphatic heterocycles. The molecule has 78 valence electrons. The lowest BCUT2D eigenvalue weighted by Crippen LogP contribution is -2.17. The summed E-state index contributed by atoms with van der Waals surface area (Å²) in [5.74, 6) is 0. The highest BCUT2D eigenvalue weighted by Crippen LogP contribution is 2.42. The van der Waals surface area contributed by atoms with Gasteiger partial charge < -0.3 is 4.44 Å². The van der Waals surface area contributed by atoms with E-state index in [0.29, 0.717) is 10.6 Å². The standard InChI is InChI=1S/C12H10BO2P/c13-15-16(14,11-7-3-1-4-8-11)12-9-5-2-6-10-12/h1-10H. The molecule has 2 aromatic rings. The second-order valence-corrected chi connectivity index (χ2v) is 5.67. The summed E-state index contributed by atoms with van der Waals surface area (Å²) >= 11 is 0. The van der Waals surface area contributed by atoms with Gasteiger partial charge in [-0.1, -0.05) is 36.4 Å². The van der Waals surface area contributed by atoms with Crippen molar-refractivity contribution >= 4 is 26.0 Å². The molecule has 4 heteroatoms. The Kier molecular flexibility index (Phi) is 3.28. The highest BCUT2D eigenvalue weighted by atomic mass is 31.2. The van der Waals surface area contributed by atoms with Crippen molar-refractivity contribution in [2.75, 3.05) is 0 Å². The zero-order chi connectivity index (χ0) is 11.4. The first-order chi connectivity index (χ1) is 7.77. The molecule has 0 bridgehead atoms. The van der Waals surface area contributed by atoms with Gasteiger partial charge in [0.05, 0.1) is 0 Å². The van der Waals surface area contributed by atoms with Crippen molar-refractivity contribution < 1.29 is 9.01 Å². The van der Waals surface area contributed by atoms with E-state index in [9.17, 15) is 4.57 Å². The van der Waals surface area contributed by atoms with Gasteiger partial charge in [0.1, 0.15) is 0 Å². The van der Waals surface area contributed by atoms with Gasteiger partial charge in [-0.25, -0.2) is 0 Å². The molecular formula is C12H10BO2P. The van der Waals surface area contributed by atoms with E-state index >= 15 is 0 Å². The molecule has 0 amide bonds. The first-order valence-corrected chi connectivity index (χ1v) is 6.49. The number of hydrogen-bond acceptors (Lipinski definition) is 2. The minimum atomic E-state index is -3.13. The van der Waals surface area contributed by atoms with Gasteiger partial charge in [0.2, 0.25) is 7.37 Å². The van der Waals surface area contributed by atoms with Gasteiger partial charge in [0.15, 0.2) is 0 Å². The maximum atomic E-state index is 12.6. The molecule has 0 N–H and O–H groups in total. The summed E-state index contributed by atoms with van der Waals surface area (Å²) in [7, 11) is 2.08. The molecule has 0 heterocycles. The predicted molar refractivity (Wildman–Crippen MR) is 66.6 cm³/mol. The van der Waals surface area contributed by atoms with Gasteiger partial charge in [-0.3, -0.25) is 4.57 Å². The van der Waals surface area contributed by atoms with Crippen LogP contribution in [0.4, 0.5) is 0 Å². The lowest BCUT2D eigenvalue weighted by molar-refractivity contribution is 0.523. The topological polar surface area (TPSA) is 26.3 Å². The number of benzene rings is 2. The molecule has 2 rings (SSSR count). The smallest absolute Gasteiger partial charge is 0.293 e. The Morgan fingerprint density at radius 3 is 1.50 bits per heavy atom. The highest BCUT2D eigenvalue weighted by Gasteiger charge is 2.25. The second-order valence-electron chi connectivity index (χ2n) is 3.33. The molecule has 0 aliphatic carbocycles. The van der Waals surface area contributed by atoms with Crippen LogP contribution in [0, 0.1) is 0 Å². The van der Waals surface area contributed by atoms with Crippen LogP contribution in [-0.2, 0) is 9.01 Å². The molecule has 2 nitrogen and oxygen atoms in total. The normalized spacial score (nSPS) is 11.2. The van der Waals surface area contributed by atoms with Crippen LogP contribution in [0.2, 0.25) is 0 Å². The van der Waals surface area contributed by atoms with Crippen molar-refractivity contribution in [2.24, 2.45) is 0 Å². The van der Waals surface area contributed by atoms with Gasteiger partial charge >= 0.3 is 0 Å². The first-order valence-electron chi connectivity index (χ1n) is 4.87. The van der Waals surface area contributed by atoms with Crippen LogP contribution in [0.1, 0.15) is 0 Å². The number of hydrogen-bond donors (Lipinski definition) is 0. The van der Waals surface area contributed by atoms with E-state index in [1.54, 1.807) is 24.3 Å². The second kappa shape index (κ2) is 4.69. The van der Waals surface area contributed by atoms with Gasteiger partial charge in [-0.15, -0.1) is 0 Å². The molecule has 2 radical (unpaired) electrons. The summed E-state index contributed by atoms with van der Waals surface area (Å²) in [6, 6.07) is 18.0. The summed E-state index contributed by atoms with van der Waals surface area (Å²) < 4.78 is 17.4. The van der Waals surface area contributed by atoms with Crippen LogP contribution in [0.3, 0.4) is 0 Å². The van der Waals surface area contributed by atoms with E-state index in [1.807, 2.05) is 36.4 Å². The Bertz CT molecular complexity index is 455. The van der Waals surface area contributed by atoms with Gasteiger partial charge in [0, 0.05) is 10.6 Å². The fourth-order valence-electron chi connectivity index (χ4n) is 1.52. The Morgan fingerprint density at radius 1 is 0.812 bits per heavy atom. The molecule has 0 aliphatic rings. The third-order valence-electron chi connectivity index (χ3n) is 2.34. The molecule has 0 spiro atoms. The zero-order valence-corrected chi connectivity index (χ0v) is 9.51. The van der Waals surface area contributed by atoms with Crippen LogP contribution in [0.15, 0.2) is 60.7 Å². The van der Waals surface area contributed by atoms with E-state index in [1.165, 1.54) is 0 Å². The molecule has 0 saturated heterocycles. The van der Waals surface area contributed by atoms with Gasteiger partial charge in [-0.2, -0.15) is 0 Å². The lowest BCUT2D eigenvalue weighted by Gasteiger charge is -2.17. The van der Waals surface area contributed by atoms with Crippen LogP contribution in [0.25, 0.3) is 0 Å². The third-order valence-corrected chi connectivity index (χ3v) is 4.59. The van der Waals surface area contributed by atoms with E-state index in [-0.39, 0.29) is 0 Å². The summed E-state index contributed by atoms with van der Waals surface area (Å²) in [5, 5.41) is 1.20. The zero-order valence-electron chi connectivity index (χ0n) is 8.61. The average Bonchev–Trinajstić information content (AvgIpc) is 2.40. The molecule has 0 fully saturated rings. The van der Waals surface area contributed by atoms with Crippen molar-refractivity contribution in [3.05, 3.63) is 60.7 Å². The van der Waals surface area contributed by atoms with Crippen molar-refractivity contribution in [2.45, 2.75) is 0 Å². The summed E-state index contributed by atoms with van der Waals surface area (Å²) in [5.41, 5.74) is 0. The lowest BCUT2D eigenvalue weighted by atomic mass is 10.4. The Hall–Kier alpha value is -1.31. The molecule has 0 aromatic heterocycles. The van der Waals surface area contributed by atoms with E-state index in [4.69, 9.17) is 12.5 Å². The van der Waals surface area contributed by atoms with Crippen molar-refractivity contribution in [3.63, 3.8) is 0 Å². The fourth-order valence-corrected chi connectivity index (χ4v) is 3.19. The predicted octanol–water partition coefficient (Wildman–Crippen LogP) is 2.02. The SMILES string of the molecule is [B]OP(=O)(c1ccccc1)c1ccccc1. The van der Waals surface area contributed by atoms with E-state index < -0.39 is 7.37 Å². The quantitative estimate of drug-likeness (QED) is 0.593. The third kappa shape index (κ3) is 1.97. The highest BCUT2D eigenvalue weighted by molar-refractivity contribution is 7.75. The average molecular weight is 228 g/mol. The summed E-state index contributed by atoms with van der Waals surface area (Å²) in [6.45, 7) is 0. The molecule has 0 unspecified atom stereocenters. The minimum Gasteiger partial charge on any atom is -0.396 e. The molecule has 2 aromatic carbocycles. The maximum Gasteiger partial charge on any atom is 0.293 e. The molecular weight excluding hydrogens is 218 g/mol. The number of rotatable bonds is 3. The van der Waals surface area contributed by atoms with Gasteiger partial charge in [0.25, 0.3) is 8.05 Å². The van der Waals surface area contributed by atoms with Gasteiger partial charge in [-0.05, 0) is 24.3 Å². The van der Waals surface area contributed by atoms with Crippen molar-refractivity contribution in [1.82, 2.24) is 0 Å². The first kappa shape index (κ1) is 11.2. The molecule has 16 heavy (non-hydrogen) atoms. The van der Waals surface area contributed by atoms with Crippen LogP contribution in [0.5, 0.6) is 0 Å². The van der Waals surface area contributed by atoms with Crippen molar-refractivity contribution in [3.8, 4) is 0 Å². The van der Waals surface area contributed by atoms with E-state index in [2.05, 4.69) is 0 Å². The van der Waals surface area contributed by atoms with Crippen LogP contribution >= 0.6 is 7.37 Å². The monoisotopic (exact) mass is 228 g/mol. The van der Waals surface area contributed by atoms with Crippen LogP contribution < -0.4 is 10.6 Å². The summed E-state index contributed by atoms with van der Waals surface area (Å²) in [4.78, 5) is 0. The van der Waals surface area contributed by atoms with E-state index in [0.717, 1.165) is 0 Å². The largest absolute Gasteiger partial charge is 0.396 e. The Balaban J connectivity index is 2.54. The molecule has 0 saturated carbocycles. The van der Waals surface area contributed by atoms with Crippen LogP contribution in [-0.4, -0.2) is 8.05 Å². The Labute approximate surface area is 96.2 Å². The minimum absolute atomic E-state index is 0.601. The van der Waals surface area contributed by atoms with Crippen molar-refractivity contribution in [1.29, 1.82) is 0 Å². The maximum absolute atomic E-state index is 12.6. The molecule has 0 atom stereocenters.